The lowest BCUT2D eigenvalue weighted by Crippen LogP contribution is -2.54. The highest BCUT2D eigenvalue weighted by atomic mass is 16.5. The lowest BCUT2D eigenvalue weighted by molar-refractivity contribution is -0.0587. The number of H-pyrrole nitrogens is 1. The van der Waals surface area contributed by atoms with E-state index in [4.69, 9.17) is 9.72 Å². The van der Waals surface area contributed by atoms with E-state index in [1.807, 2.05) is 41.8 Å². The molecule has 25 heavy (non-hydrogen) atoms. The third-order valence-electron chi connectivity index (χ3n) is 5.25. The van der Waals surface area contributed by atoms with Crippen molar-refractivity contribution in [2.45, 2.75) is 44.8 Å². The van der Waals surface area contributed by atoms with Crippen molar-refractivity contribution in [3.05, 3.63) is 30.1 Å². The van der Waals surface area contributed by atoms with Gasteiger partial charge in [0.05, 0.1) is 23.2 Å². The summed E-state index contributed by atoms with van der Waals surface area (Å²) in [4.78, 5) is 24.9. The van der Waals surface area contributed by atoms with Gasteiger partial charge in [0.2, 0.25) is 0 Å². The first-order chi connectivity index (χ1) is 12.1. The summed E-state index contributed by atoms with van der Waals surface area (Å²) in [5.41, 5.74) is 2.11. The van der Waals surface area contributed by atoms with Gasteiger partial charge in [-0.25, -0.2) is 9.78 Å². The first kappa shape index (κ1) is 16.4. The van der Waals surface area contributed by atoms with E-state index in [0.717, 1.165) is 42.8 Å². The Labute approximate surface area is 148 Å². The number of hydrogen-bond donors (Lipinski definition) is 1. The van der Waals surface area contributed by atoms with Gasteiger partial charge in [-0.3, -0.25) is 0 Å². The monoisotopic (exact) mass is 342 g/mol. The van der Waals surface area contributed by atoms with Gasteiger partial charge in [0.1, 0.15) is 5.82 Å². The zero-order valence-corrected chi connectivity index (χ0v) is 14.9. The molecule has 1 aromatic carbocycles. The topological polar surface area (TPSA) is 61.5 Å². The Hall–Kier alpha value is -2.08. The van der Waals surface area contributed by atoms with Crippen LogP contribution in [-0.4, -0.2) is 64.2 Å². The molecule has 1 N–H and O–H groups in total. The highest BCUT2D eigenvalue weighted by molar-refractivity contribution is 5.75. The van der Waals surface area contributed by atoms with E-state index in [2.05, 4.69) is 11.1 Å². The summed E-state index contributed by atoms with van der Waals surface area (Å²) in [7, 11) is 0. The second-order valence-electron chi connectivity index (χ2n) is 7.35. The van der Waals surface area contributed by atoms with E-state index >= 15 is 0 Å². The number of ether oxygens (including phenoxy) is 1. The van der Waals surface area contributed by atoms with Gasteiger partial charge >= 0.3 is 6.03 Å². The van der Waals surface area contributed by atoms with Crippen molar-refractivity contribution < 1.29 is 9.53 Å². The van der Waals surface area contributed by atoms with Crippen LogP contribution >= 0.6 is 0 Å². The van der Waals surface area contributed by atoms with Crippen molar-refractivity contribution in [3.8, 4) is 0 Å². The molecule has 0 saturated carbocycles. The summed E-state index contributed by atoms with van der Waals surface area (Å²) in [6.07, 6.45) is 2.14. The van der Waals surface area contributed by atoms with Crippen molar-refractivity contribution in [3.63, 3.8) is 0 Å². The molecule has 2 aromatic rings. The molecule has 6 nitrogen and oxygen atoms in total. The Morgan fingerprint density at radius 2 is 1.80 bits per heavy atom. The molecule has 2 saturated heterocycles. The molecule has 4 rings (SSSR count). The number of nitrogens with zero attached hydrogens (tertiary/aromatic N) is 3. The van der Waals surface area contributed by atoms with Crippen LogP contribution in [0.2, 0.25) is 0 Å². The summed E-state index contributed by atoms with van der Waals surface area (Å²) in [5.74, 6) is 1.46. The second-order valence-corrected chi connectivity index (χ2v) is 7.35. The number of carbonyl (C=O) groups excluding carboxylic acids is 1. The van der Waals surface area contributed by atoms with E-state index in [-0.39, 0.29) is 18.2 Å². The van der Waals surface area contributed by atoms with Crippen LogP contribution in [0.15, 0.2) is 24.3 Å². The molecular weight excluding hydrogens is 316 g/mol. The molecule has 0 bridgehead atoms. The molecule has 2 atom stereocenters. The Morgan fingerprint density at radius 1 is 1.12 bits per heavy atom. The molecule has 1 aromatic heterocycles. The van der Waals surface area contributed by atoms with Crippen LogP contribution in [-0.2, 0) is 4.74 Å². The molecule has 2 unspecified atom stereocenters. The fraction of sp³-hybridized carbons (Fsp3) is 0.579. The number of benzene rings is 1. The molecule has 134 valence electrons. The number of nitrogens with one attached hydrogen (secondary N) is 1. The van der Waals surface area contributed by atoms with Gasteiger partial charge in [0.15, 0.2) is 0 Å². The molecule has 2 aliphatic rings. The summed E-state index contributed by atoms with van der Waals surface area (Å²) in [6.45, 7) is 7.02. The molecule has 2 amide bonds. The van der Waals surface area contributed by atoms with Crippen molar-refractivity contribution in [2.24, 2.45) is 0 Å². The summed E-state index contributed by atoms with van der Waals surface area (Å²) >= 11 is 0. The SMILES string of the molecule is CC1CN(C(=O)N2CCC(c3nc4ccccc4[nH]3)CC2)CC(C)O1. The first-order valence-electron chi connectivity index (χ1n) is 9.24. The van der Waals surface area contributed by atoms with Gasteiger partial charge in [0, 0.05) is 32.1 Å². The third kappa shape index (κ3) is 3.35. The standard InChI is InChI=1S/C19H26N4O2/c1-13-11-23(12-14(2)25-13)19(24)22-9-7-15(8-10-22)18-20-16-5-3-4-6-17(16)21-18/h3-6,13-15H,7-12H2,1-2H3,(H,20,21). The highest BCUT2D eigenvalue weighted by Gasteiger charge is 2.32. The Morgan fingerprint density at radius 3 is 2.48 bits per heavy atom. The van der Waals surface area contributed by atoms with E-state index in [1.54, 1.807) is 0 Å². The van der Waals surface area contributed by atoms with Crippen LogP contribution in [0.25, 0.3) is 11.0 Å². The molecule has 0 radical (unpaired) electrons. The average molecular weight is 342 g/mol. The van der Waals surface area contributed by atoms with Crippen LogP contribution < -0.4 is 0 Å². The maximum Gasteiger partial charge on any atom is 0.320 e. The molecule has 2 fully saturated rings. The number of para-hydroxylation sites is 2. The smallest absolute Gasteiger partial charge is 0.320 e. The van der Waals surface area contributed by atoms with Crippen LogP contribution in [0.1, 0.15) is 38.4 Å². The second kappa shape index (κ2) is 6.67. The number of carbonyl (C=O) groups is 1. The zero-order chi connectivity index (χ0) is 17.4. The Balaban J connectivity index is 1.38. The number of imidazole rings is 1. The predicted octanol–water partition coefficient (Wildman–Crippen LogP) is 2.97. The number of rotatable bonds is 1. The first-order valence-corrected chi connectivity index (χ1v) is 9.24. The average Bonchev–Trinajstić information content (AvgIpc) is 3.04. The maximum atomic E-state index is 12.8. The summed E-state index contributed by atoms with van der Waals surface area (Å²) in [5, 5.41) is 0. The number of likely N-dealkylation sites (tertiary alicyclic amines) is 1. The van der Waals surface area contributed by atoms with Gasteiger partial charge in [-0.05, 0) is 38.8 Å². The minimum atomic E-state index is 0.112. The zero-order valence-electron chi connectivity index (χ0n) is 14.9. The molecule has 0 spiro atoms. The van der Waals surface area contributed by atoms with Crippen LogP contribution in [0.4, 0.5) is 4.79 Å². The van der Waals surface area contributed by atoms with Crippen LogP contribution in [0.5, 0.6) is 0 Å². The third-order valence-corrected chi connectivity index (χ3v) is 5.25. The van der Waals surface area contributed by atoms with Crippen molar-refractivity contribution >= 4 is 17.1 Å². The minimum Gasteiger partial charge on any atom is -0.372 e. The molecular formula is C19H26N4O2. The molecule has 2 aliphatic heterocycles. The van der Waals surface area contributed by atoms with Gasteiger partial charge in [-0.2, -0.15) is 0 Å². The van der Waals surface area contributed by atoms with Gasteiger partial charge in [0.25, 0.3) is 0 Å². The number of fused-ring (bicyclic) bond motifs is 1. The fourth-order valence-corrected chi connectivity index (χ4v) is 4.04. The number of piperidine rings is 1. The predicted molar refractivity (Wildman–Crippen MR) is 96.6 cm³/mol. The van der Waals surface area contributed by atoms with Crippen molar-refractivity contribution in [2.75, 3.05) is 26.2 Å². The van der Waals surface area contributed by atoms with Crippen LogP contribution in [0, 0.1) is 0 Å². The van der Waals surface area contributed by atoms with Crippen molar-refractivity contribution in [1.29, 1.82) is 0 Å². The highest BCUT2D eigenvalue weighted by Crippen LogP contribution is 2.28. The lowest BCUT2D eigenvalue weighted by atomic mass is 9.96. The minimum absolute atomic E-state index is 0.112. The molecule has 6 heteroatoms. The summed E-state index contributed by atoms with van der Waals surface area (Å²) < 4.78 is 5.73. The number of urea groups is 1. The number of aromatic amines is 1. The van der Waals surface area contributed by atoms with Crippen molar-refractivity contribution in [1.82, 2.24) is 19.8 Å². The lowest BCUT2D eigenvalue weighted by Gasteiger charge is -2.40. The Kier molecular flexibility index (Phi) is 4.37. The molecule has 0 aliphatic carbocycles. The quantitative estimate of drug-likeness (QED) is 0.867. The van der Waals surface area contributed by atoms with E-state index < -0.39 is 0 Å². The van der Waals surface area contributed by atoms with E-state index in [9.17, 15) is 4.79 Å². The summed E-state index contributed by atoms with van der Waals surface area (Å²) in [6, 6.07) is 8.29. The largest absolute Gasteiger partial charge is 0.372 e. The van der Waals surface area contributed by atoms with Crippen LogP contribution in [0.3, 0.4) is 0 Å². The van der Waals surface area contributed by atoms with E-state index in [1.165, 1.54) is 0 Å². The number of amides is 2. The molecule has 3 heterocycles. The number of hydrogen-bond acceptors (Lipinski definition) is 3. The normalized spacial score (nSPS) is 25.5. The fourth-order valence-electron chi connectivity index (χ4n) is 4.04. The van der Waals surface area contributed by atoms with E-state index in [0.29, 0.717) is 19.0 Å². The number of aromatic nitrogens is 2. The van der Waals surface area contributed by atoms with Gasteiger partial charge < -0.3 is 19.5 Å². The number of morpholine rings is 1. The maximum absolute atomic E-state index is 12.8. The van der Waals surface area contributed by atoms with Gasteiger partial charge in [-0.15, -0.1) is 0 Å². The van der Waals surface area contributed by atoms with Gasteiger partial charge in [-0.1, -0.05) is 12.1 Å². The Bertz CT molecular complexity index is 708.